The van der Waals surface area contributed by atoms with Crippen LogP contribution < -0.4 is 9.47 Å². The van der Waals surface area contributed by atoms with Gasteiger partial charge in [0.1, 0.15) is 23.4 Å². The highest BCUT2D eigenvalue weighted by Crippen LogP contribution is 2.42. The van der Waals surface area contributed by atoms with E-state index in [0.29, 0.717) is 24.5 Å². The molecule has 0 spiro atoms. The molecule has 4 rings (SSSR count). The summed E-state index contributed by atoms with van der Waals surface area (Å²) in [5, 5.41) is 9.14. The van der Waals surface area contributed by atoms with E-state index in [2.05, 4.69) is 0 Å². The van der Waals surface area contributed by atoms with Crippen LogP contribution in [-0.4, -0.2) is 17.7 Å². The molecule has 4 nitrogen and oxygen atoms in total. The van der Waals surface area contributed by atoms with Crippen LogP contribution in [0, 0.1) is 5.82 Å². The number of ether oxygens (including phenoxy) is 2. The van der Waals surface area contributed by atoms with Crippen LogP contribution in [0.1, 0.15) is 41.6 Å². The van der Waals surface area contributed by atoms with Crippen LogP contribution >= 0.6 is 11.6 Å². The molecule has 2 aromatic rings. The maximum Gasteiger partial charge on any atom is 0.304 e. The predicted octanol–water partition coefficient (Wildman–Crippen LogP) is 4.50. The Kier molecular flexibility index (Phi) is 4.04. The molecule has 2 aliphatic rings. The molecule has 0 fully saturated rings. The van der Waals surface area contributed by atoms with Gasteiger partial charge in [-0.1, -0.05) is 23.7 Å². The van der Waals surface area contributed by atoms with Gasteiger partial charge in [-0.2, -0.15) is 0 Å². The van der Waals surface area contributed by atoms with Crippen molar-refractivity contribution in [3.8, 4) is 11.5 Å². The van der Waals surface area contributed by atoms with E-state index in [4.69, 9.17) is 26.2 Å². The first-order valence-corrected chi connectivity index (χ1v) is 8.52. The molecule has 0 aromatic heterocycles. The van der Waals surface area contributed by atoms with Gasteiger partial charge in [0, 0.05) is 17.5 Å². The normalized spacial score (nSPS) is 20.7. The van der Waals surface area contributed by atoms with Gasteiger partial charge in [0.15, 0.2) is 0 Å². The lowest BCUT2D eigenvalue weighted by atomic mass is 9.98. The van der Waals surface area contributed by atoms with Crippen molar-refractivity contribution in [2.24, 2.45) is 0 Å². The number of halogens is 2. The number of hydrogen-bond acceptors (Lipinski definition) is 3. The minimum absolute atomic E-state index is 0.0489. The quantitative estimate of drug-likeness (QED) is 0.870. The van der Waals surface area contributed by atoms with E-state index in [1.54, 1.807) is 12.1 Å². The standard InChI is InChI=1S/C19H16ClFO4/c20-19-14-4-6-16(13(14)3-5-15(19)21)25-11-1-2-12-10(7-18(22)23)9-24-17(12)8-11/h1-3,5,8,10,16H,4,6-7,9H2,(H,22,23)/t10?,16-/m1/s1. The molecule has 1 N–H and O–H groups in total. The maximum absolute atomic E-state index is 13.6. The Morgan fingerprint density at radius 3 is 2.92 bits per heavy atom. The SMILES string of the molecule is O=C(O)CC1COc2cc(O[C@@H]3CCc4c3ccc(F)c4Cl)ccc21. The first-order valence-electron chi connectivity index (χ1n) is 8.15. The zero-order chi connectivity index (χ0) is 17.6. The number of carboxylic acid groups (broad SMARTS) is 1. The van der Waals surface area contributed by atoms with Gasteiger partial charge in [-0.3, -0.25) is 4.79 Å². The van der Waals surface area contributed by atoms with Gasteiger partial charge in [0.05, 0.1) is 18.1 Å². The van der Waals surface area contributed by atoms with Crippen LogP contribution in [0.2, 0.25) is 5.02 Å². The van der Waals surface area contributed by atoms with Crippen molar-refractivity contribution in [3.63, 3.8) is 0 Å². The monoisotopic (exact) mass is 362 g/mol. The summed E-state index contributed by atoms with van der Waals surface area (Å²) in [6, 6.07) is 8.57. The second-order valence-electron chi connectivity index (χ2n) is 6.38. The van der Waals surface area contributed by atoms with Crippen molar-refractivity contribution in [2.75, 3.05) is 6.61 Å². The number of carboxylic acids is 1. The Bertz CT molecular complexity index is 852. The Hall–Kier alpha value is -2.27. The van der Waals surface area contributed by atoms with Crippen molar-refractivity contribution >= 4 is 17.6 Å². The summed E-state index contributed by atoms with van der Waals surface area (Å²) < 4.78 is 25.2. The fourth-order valence-corrected chi connectivity index (χ4v) is 3.86. The first kappa shape index (κ1) is 16.2. The second kappa shape index (κ2) is 6.23. The van der Waals surface area contributed by atoms with Gasteiger partial charge in [-0.15, -0.1) is 0 Å². The van der Waals surface area contributed by atoms with Gasteiger partial charge >= 0.3 is 5.97 Å². The minimum atomic E-state index is -0.839. The average Bonchev–Trinajstić information content (AvgIpc) is 3.15. The highest BCUT2D eigenvalue weighted by molar-refractivity contribution is 6.31. The summed E-state index contributed by atoms with van der Waals surface area (Å²) in [6.45, 7) is 0.367. The van der Waals surface area contributed by atoms with Crippen LogP contribution in [0.25, 0.3) is 0 Å². The largest absolute Gasteiger partial charge is 0.492 e. The number of hydrogen-bond donors (Lipinski definition) is 1. The van der Waals surface area contributed by atoms with E-state index < -0.39 is 11.8 Å². The van der Waals surface area contributed by atoms with Gasteiger partial charge in [-0.25, -0.2) is 4.39 Å². The molecule has 130 valence electrons. The van der Waals surface area contributed by atoms with Crippen molar-refractivity contribution in [1.82, 2.24) is 0 Å². The van der Waals surface area contributed by atoms with Crippen molar-refractivity contribution in [1.29, 1.82) is 0 Å². The molecule has 1 unspecified atom stereocenters. The third-order valence-corrected chi connectivity index (χ3v) is 5.21. The number of rotatable bonds is 4. The molecule has 6 heteroatoms. The zero-order valence-electron chi connectivity index (χ0n) is 13.3. The topological polar surface area (TPSA) is 55.8 Å². The molecule has 0 bridgehead atoms. The fourth-order valence-electron chi connectivity index (χ4n) is 3.59. The third kappa shape index (κ3) is 2.93. The summed E-state index contributed by atoms with van der Waals surface area (Å²) >= 11 is 6.04. The molecule has 2 aromatic carbocycles. The van der Waals surface area contributed by atoms with E-state index in [9.17, 15) is 9.18 Å². The van der Waals surface area contributed by atoms with Gasteiger partial charge in [0.25, 0.3) is 0 Å². The number of carbonyl (C=O) groups is 1. The van der Waals surface area contributed by atoms with E-state index in [-0.39, 0.29) is 23.5 Å². The van der Waals surface area contributed by atoms with E-state index >= 15 is 0 Å². The lowest BCUT2D eigenvalue weighted by Gasteiger charge is -2.16. The second-order valence-corrected chi connectivity index (χ2v) is 6.76. The maximum atomic E-state index is 13.6. The molecule has 0 radical (unpaired) electrons. The summed E-state index contributed by atoms with van der Waals surface area (Å²) in [5.74, 6) is -0.0624. The van der Waals surface area contributed by atoms with E-state index in [0.717, 1.165) is 23.1 Å². The molecule has 0 saturated carbocycles. The highest BCUT2D eigenvalue weighted by Gasteiger charge is 2.29. The number of fused-ring (bicyclic) bond motifs is 2. The summed E-state index contributed by atoms with van der Waals surface area (Å²) in [7, 11) is 0. The molecular weight excluding hydrogens is 347 g/mol. The molecule has 25 heavy (non-hydrogen) atoms. The number of aliphatic carboxylic acids is 1. The van der Waals surface area contributed by atoms with Crippen LogP contribution in [0.4, 0.5) is 4.39 Å². The summed E-state index contributed by atoms with van der Waals surface area (Å²) in [5.41, 5.74) is 2.62. The molecule has 2 atom stereocenters. The Labute approximate surface area is 149 Å². The summed E-state index contributed by atoms with van der Waals surface area (Å²) in [4.78, 5) is 10.9. The molecule has 0 saturated heterocycles. The lowest BCUT2D eigenvalue weighted by Crippen LogP contribution is -2.07. The van der Waals surface area contributed by atoms with Crippen LogP contribution in [-0.2, 0) is 11.2 Å². The van der Waals surface area contributed by atoms with Crippen LogP contribution in [0.15, 0.2) is 30.3 Å². The van der Waals surface area contributed by atoms with Gasteiger partial charge < -0.3 is 14.6 Å². The average molecular weight is 363 g/mol. The molecule has 0 amide bonds. The van der Waals surface area contributed by atoms with E-state index in [1.807, 2.05) is 12.1 Å². The first-order chi connectivity index (χ1) is 12.0. The molecule has 1 aliphatic carbocycles. The Morgan fingerprint density at radius 1 is 1.32 bits per heavy atom. The smallest absolute Gasteiger partial charge is 0.304 e. The van der Waals surface area contributed by atoms with Crippen molar-refractivity contribution in [2.45, 2.75) is 31.3 Å². The molecule has 1 aliphatic heterocycles. The number of benzene rings is 2. The van der Waals surface area contributed by atoms with E-state index in [1.165, 1.54) is 6.07 Å². The summed E-state index contributed by atoms with van der Waals surface area (Å²) in [6.07, 6.45) is 1.28. The Balaban J connectivity index is 1.54. The predicted molar refractivity (Wildman–Crippen MR) is 90.0 cm³/mol. The molecular formula is C19H16ClFO4. The van der Waals surface area contributed by atoms with Crippen LogP contribution in [0.3, 0.4) is 0 Å². The minimum Gasteiger partial charge on any atom is -0.492 e. The van der Waals surface area contributed by atoms with Crippen molar-refractivity contribution in [3.05, 3.63) is 57.9 Å². The van der Waals surface area contributed by atoms with Gasteiger partial charge in [0.2, 0.25) is 0 Å². The highest BCUT2D eigenvalue weighted by atomic mass is 35.5. The van der Waals surface area contributed by atoms with Crippen LogP contribution in [0.5, 0.6) is 11.5 Å². The zero-order valence-corrected chi connectivity index (χ0v) is 14.1. The fraction of sp³-hybridized carbons (Fsp3) is 0.316. The third-order valence-electron chi connectivity index (χ3n) is 4.80. The van der Waals surface area contributed by atoms with Crippen molar-refractivity contribution < 1.29 is 23.8 Å². The van der Waals surface area contributed by atoms with Gasteiger partial charge in [-0.05, 0) is 36.1 Å². The molecule has 1 heterocycles. The lowest BCUT2D eigenvalue weighted by molar-refractivity contribution is -0.137. The Morgan fingerprint density at radius 2 is 2.12 bits per heavy atom.